The highest BCUT2D eigenvalue weighted by molar-refractivity contribution is 5.41. The van der Waals surface area contributed by atoms with Crippen molar-refractivity contribution in [2.45, 2.75) is 46.6 Å². The first-order valence-electron chi connectivity index (χ1n) is 7.28. The summed E-state index contributed by atoms with van der Waals surface area (Å²) < 4.78 is 2.28. The molecule has 0 aromatic carbocycles. The van der Waals surface area contributed by atoms with E-state index in [1.54, 1.807) is 0 Å². The van der Waals surface area contributed by atoms with E-state index in [1.807, 2.05) is 13.0 Å². The molecule has 2 aromatic heterocycles. The van der Waals surface area contributed by atoms with Gasteiger partial charge in [0.05, 0.1) is 0 Å². The normalized spacial score (nSPS) is 20.8. The summed E-state index contributed by atoms with van der Waals surface area (Å²) in [4.78, 5) is 4.68. The number of hydrogen-bond acceptors (Lipinski definition) is 2. The average Bonchev–Trinajstić information content (AvgIpc) is 2.64. The maximum absolute atomic E-state index is 6.38. The van der Waals surface area contributed by atoms with Gasteiger partial charge in [0.15, 0.2) is 0 Å². The van der Waals surface area contributed by atoms with Gasteiger partial charge in [0.2, 0.25) is 0 Å². The van der Waals surface area contributed by atoms with Crippen LogP contribution in [-0.4, -0.2) is 9.55 Å². The lowest BCUT2D eigenvalue weighted by Gasteiger charge is -2.34. The Balaban J connectivity index is 2.19. The molecule has 2 aromatic rings. The van der Waals surface area contributed by atoms with Gasteiger partial charge >= 0.3 is 0 Å². The van der Waals surface area contributed by atoms with Crippen LogP contribution in [0.15, 0.2) is 24.3 Å². The third-order valence-corrected chi connectivity index (χ3v) is 4.24. The molecule has 3 rings (SSSR count). The lowest BCUT2D eigenvalue weighted by molar-refractivity contribution is 0.278. The zero-order chi connectivity index (χ0) is 14.5. The number of nitrogens with zero attached hydrogens (tertiary/aromatic N) is 2. The summed E-state index contributed by atoms with van der Waals surface area (Å²) in [5.74, 6) is 1.01. The van der Waals surface area contributed by atoms with Gasteiger partial charge in [-0.3, -0.25) is 0 Å². The second-order valence-corrected chi connectivity index (χ2v) is 6.81. The monoisotopic (exact) mass is 269 g/mol. The topological polar surface area (TPSA) is 43.8 Å². The largest absolute Gasteiger partial charge is 0.324 e. The van der Waals surface area contributed by atoms with Crippen molar-refractivity contribution >= 4 is 0 Å². The van der Waals surface area contributed by atoms with Gasteiger partial charge in [-0.15, -0.1) is 0 Å². The van der Waals surface area contributed by atoms with Crippen LogP contribution >= 0.6 is 0 Å². The van der Waals surface area contributed by atoms with Crippen LogP contribution in [0, 0.1) is 19.3 Å². The molecule has 1 aliphatic carbocycles. The first-order chi connectivity index (χ1) is 9.37. The Kier molecular flexibility index (Phi) is 2.98. The molecule has 2 heterocycles. The van der Waals surface area contributed by atoms with Crippen LogP contribution in [0.1, 0.15) is 49.0 Å². The standard InChI is InChI=1S/C17H23N3/c1-11-6-5-7-16(19-11)20-12(2)8-13-14(18)9-17(3,4)10-15(13)20/h5-8,14H,9-10,18H2,1-4H3. The molecule has 0 radical (unpaired) electrons. The number of pyridine rings is 1. The van der Waals surface area contributed by atoms with Crippen LogP contribution in [0.25, 0.3) is 5.82 Å². The molecule has 3 nitrogen and oxygen atoms in total. The smallest absolute Gasteiger partial charge is 0.137 e. The zero-order valence-electron chi connectivity index (χ0n) is 12.8. The van der Waals surface area contributed by atoms with Crippen LogP contribution < -0.4 is 5.73 Å². The molecular formula is C17H23N3. The Labute approximate surface area is 120 Å². The fourth-order valence-electron chi connectivity index (χ4n) is 3.42. The molecule has 0 saturated heterocycles. The van der Waals surface area contributed by atoms with E-state index in [9.17, 15) is 0 Å². The summed E-state index contributed by atoms with van der Waals surface area (Å²) in [6, 6.07) is 8.55. The molecule has 0 aliphatic heterocycles. The van der Waals surface area contributed by atoms with Crippen LogP contribution in [0.4, 0.5) is 0 Å². The third-order valence-electron chi connectivity index (χ3n) is 4.24. The lowest BCUT2D eigenvalue weighted by atomic mass is 9.74. The number of aromatic nitrogens is 2. The highest BCUT2D eigenvalue weighted by Crippen LogP contribution is 2.41. The van der Waals surface area contributed by atoms with Crippen molar-refractivity contribution in [2.75, 3.05) is 0 Å². The molecule has 0 saturated carbocycles. The number of rotatable bonds is 1. The van der Waals surface area contributed by atoms with Gasteiger partial charge in [0.25, 0.3) is 0 Å². The third kappa shape index (κ3) is 2.16. The van der Waals surface area contributed by atoms with Crippen LogP contribution in [0.5, 0.6) is 0 Å². The molecule has 3 heteroatoms. The van der Waals surface area contributed by atoms with E-state index in [0.717, 1.165) is 24.4 Å². The molecular weight excluding hydrogens is 246 g/mol. The van der Waals surface area contributed by atoms with Crippen molar-refractivity contribution in [1.82, 2.24) is 9.55 Å². The molecule has 0 spiro atoms. The molecule has 1 atom stereocenters. The van der Waals surface area contributed by atoms with Crippen LogP contribution in [-0.2, 0) is 6.42 Å². The molecule has 1 aliphatic rings. The van der Waals surface area contributed by atoms with Gasteiger partial charge in [-0.05, 0) is 55.9 Å². The summed E-state index contributed by atoms with van der Waals surface area (Å²) in [6.45, 7) is 8.77. The van der Waals surface area contributed by atoms with Crippen LogP contribution in [0.2, 0.25) is 0 Å². The van der Waals surface area contributed by atoms with Crippen molar-refractivity contribution in [3.63, 3.8) is 0 Å². The molecule has 0 fully saturated rings. The first kappa shape index (κ1) is 13.4. The fraction of sp³-hybridized carbons (Fsp3) is 0.471. The number of aryl methyl sites for hydroxylation is 2. The average molecular weight is 269 g/mol. The van der Waals surface area contributed by atoms with Crippen molar-refractivity contribution in [1.29, 1.82) is 0 Å². The van der Waals surface area contributed by atoms with Gasteiger partial charge in [0, 0.05) is 23.1 Å². The van der Waals surface area contributed by atoms with E-state index in [0.29, 0.717) is 0 Å². The maximum atomic E-state index is 6.38. The van der Waals surface area contributed by atoms with Crippen molar-refractivity contribution < 1.29 is 0 Å². The van der Waals surface area contributed by atoms with Crippen molar-refractivity contribution in [2.24, 2.45) is 11.1 Å². The summed E-state index contributed by atoms with van der Waals surface area (Å²) in [5.41, 5.74) is 11.5. The molecule has 0 amide bonds. The predicted octanol–water partition coefficient (Wildman–Crippen LogP) is 3.46. The minimum Gasteiger partial charge on any atom is -0.324 e. The van der Waals surface area contributed by atoms with Gasteiger partial charge < -0.3 is 10.3 Å². The summed E-state index contributed by atoms with van der Waals surface area (Å²) in [5, 5.41) is 0. The molecule has 2 N–H and O–H groups in total. The second-order valence-electron chi connectivity index (χ2n) is 6.81. The van der Waals surface area contributed by atoms with E-state index in [1.165, 1.54) is 17.0 Å². The highest BCUT2D eigenvalue weighted by Gasteiger charge is 2.33. The Morgan fingerprint density at radius 1 is 1.30 bits per heavy atom. The van der Waals surface area contributed by atoms with E-state index in [2.05, 4.69) is 48.5 Å². The second kappa shape index (κ2) is 4.45. The summed E-state index contributed by atoms with van der Waals surface area (Å²) in [6.07, 6.45) is 2.10. The van der Waals surface area contributed by atoms with Crippen molar-refractivity contribution in [3.05, 3.63) is 46.9 Å². The minimum absolute atomic E-state index is 0.138. The molecule has 0 bridgehead atoms. The Morgan fingerprint density at radius 2 is 2.05 bits per heavy atom. The zero-order valence-corrected chi connectivity index (χ0v) is 12.8. The number of nitrogens with two attached hydrogens (primary N) is 1. The van der Waals surface area contributed by atoms with E-state index in [4.69, 9.17) is 5.73 Å². The van der Waals surface area contributed by atoms with Gasteiger partial charge in [0.1, 0.15) is 5.82 Å². The molecule has 20 heavy (non-hydrogen) atoms. The Morgan fingerprint density at radius 3 is 2.75 bits per heavy atom. The van der Waals surface area contributed by atoms with E-state index < -0.39 is 0 Å². The Bertz CT molecular complexity index is 652. The summed E-state index contributed by atoms with van der Waals surface area (Å²) in [7, 11) is 0. The molecule has 106 valence electrons. The number of hydrogen-bond donors (Lipinski definition) is 1. The van der Waals surface area contributed by atoms with E-state index in [-0.39, 0.29) is 11.5 Å². The Hall–Kier alpha value is -1.61. The SMILES string of the molecule is Cc1cccc(-n2c(C)cc3c2CC(C)(C)CC3N)n1. The van der Waals surface area contributed by atoms with Crippen molar-refractivity contribution in [3.8, 4) is 5.82 Å². The minimum atomic E-state index is 0.138. The maximum Gasteiger partial charge on any atom is 0.137 e. The predicted molar refractivity (Wildman–Crippen MR) is 82.1 cm³/mol. The van der Waals surface area contributed by atoms with E-state index >= 15 is 0 Å². The lowest BCUT2D eigenvalue weighted by Crippen LogP contribution is -2.30. The van der Waals surface area contributed by atoms with Gasteiger partial charge in [-0.1, -0.05) is 19.9 Å². The quantitative estimate of drug-likeness (QED) is 0.861. The molecule has 1 unspecified atom stereocenters. The van der Waals surface area contributed by atoms with Gasteiger partial charge in [-0.2, -0.15) is 0 Å². The number of fused-ring (bicyclic) bond motifs is 1. The fourth-order valence-corrected chi connectivity index (χ4v) is 3.42. The van der Waals surface area contributed by atoms with Crippen LogP contribution in [0.3, 0.4) is 0 Å². The summed E-state index contributed by atoms with van der Waals surface area (Å²) >= 11 is 0. The highest BCUT2D eigenvalue weighted by atomic mass is 15.1. The van der Waals surface area contributed by atoms with Gasteiger partial charge in [-0.25, -0.2) is 4.98 Å². The first-order valence-corrected chi connectivity index (χ1v) is 7.28.